The zero-order chi connectivity index (χ0) is 13.6. The van der Waals surface area contributed by atoms with E-state index >= 15 is 0 Å². The lowest BCUT2D eigenvalue weighted by Crippen LogP contribution is -1.92. The molecule has 0 aliphatic carbocycles. The van der Waals surface area contributed by atoms with Gasteiger partial charge in [0.25, 0.3) is 0 Å². The molecular weight excluding hydrogens is 230 g/mol. The van der Waals surface area contributed by atoms with E-state index in [-0.39, 0.29) is 0 Å². The third kappa shape index (κ3) is 1.90. The Labute approximate surface area is 114 Å². The molecule has 3 rings (SSSR count). The predicted octanol–water partition coefficient (Wildman–Crippen LogP) is 5.13. The number of aryl methyl sites for hydroxylation is 2. The van der Waals surface area contributed by atoms with Crippen LogP contribution in [0.3, 0.4) is 0 Å². The molecule has 1 nitrogen and oxygen atoms in total. The van der Waals surface area contributed by atoms with Gasteiger partial charge >= 0.3 is 0 Å². The number of hydrogen-bond acceptors (Lipinski definition) is 1. The third-order valence-electron chi connectivity index (χ3n) is 3.96. The highest BCUT2D eigenvalue weighted by molar-refractivity contribution is 6.07. The van der Waals surface area contributed by atoms with Gasteiger partial charge in [0.2, 0.25) is 0 Å². The highest BCUT2D eigenvalue weighted by atomic mass is 14.6. The quantitative estimate of drug-likeness (QED) is 0.545. The summed E-state index contributed by atoms with van der Waals surface area (Å²) < 4.78 is 0. The number of fused-ring (bicyclic) bond motifs is 3. The van der Waals surface area contributed by atoms with Crippen LogP contribution in [-0.2, 0) is 0 Å². The second-order valence-corrected chi connectivity index (χ2v) is 5.68. The molecule has 19 heavy (non-hydrogen) atoms. The molecule has 0 saturated carbocycles. The van der Waals surface area contributed by atoms with Crippen LogP contribution in [0.5, 0.6) is 0 Å². The molecule has 96 valence electrons. The number of nitrogens with zero attached hydrogens (tertiary/aromatic N) is 1. The monoisotopic (exact) mass is 249 g/mol. The molecule has 0 bridgehead atoms. The fourth-order valence-corrected chi connectivity index (χ4v) is 2.74. The van der Waals surface area contributed by atoms with Crippen molar-refractivity contribution in [3.63, 3.8) is 0 Å². The molecule has 1 aromatic heterocycles. The van der Waals surface area contributed by atoms with Crippen molar-refractivity contribution >= 4 is 21.7 Å². The van der Waals surface area contributed by atoms with Gasteiger partial charge in [-0.1, -0.05) is 32.0 Å². The Hall–Kier alpha value is -1.89. The maximum atomic E-state index is 4.61. The highest BCUT2D eigenvalue weighted by Gasteiger charge is 2.08. The minimum atomic E-state index is 0.545. The first-order valence-corrected chi connectivity index (χ1v) is 6.86. The summed E-state index contributed by atoms with van der Waals surface area (Å²) in [5.74, 6) is 0.545. The van der Waals surface area contributed by atoms with Crippen LogP contribution in [0.25, 0.3) is 21.7 Å². The molecule has 0 fully saturated rings. The summed E-state index contributed by atoms with van der Waals surface area (Å²) in [6.07, 6.45) is 1.91. The van der Waals surface area contributed by atoms with Crippen molar-refractivity contribution in [2.75, 3.05) is 0 Å². The number of hydrogen-bond donors (Lipinski definition) is 0. The Morgan fingerprint density at radius 3 is 2.32 bits per heavy atom. The SMILES string of the molecule is Cc1cc(C(C)C)cc2c1ccc1c(C)ccnc12. The van der Waals surface area contributed by atoms with Crippen molar-refractivity contribution in [2.45, 2.75) is 33.6 Å². The van der Waals surface area contributed by atoms with E-state index in [9.17, 15) is 0 Å². The highest BCUT2D eigenvalue weighted by Crippen LogP contribution is 2.30. The molecule has 1 heteroatoms. The van der Waals surface area contributed by atoms with Gasteiger partial charge in [-0.2, -0.15) is 0 Å². The van der Waals surface area contributed by atoms with Gasteiger partial charge in [0.15, 0.2) is 0 Å². The molecule has 0 aliphatic rings. The number of rotatable bonds is 1. The summed E-state index contributed by atoms with van der Waals surface area (Å²) in [5.41, 5.74) is 5.15. The van der Waals surface area contributed by atoms with Crippen molar-refractivity contribution < 1.29 is 0 Å². The lowest BCUT2D eigenvalue weighted by molar-refractivity contribution is 0.867. The average Bonchev–Trinajstić information content (AvgIpc) is 2.38. The Bertz CT molecular complexity index is 769. The molecule has 3 aromatic rings. The maximum absolute atomic E-state index is 4.61. The van der Waals surface area contributed by atoms with Crippen LogP contribution in [-0.4, -0.2) is 4.98 Å². The van der Waals surface area contributed by atoms with Crippen molar-refractivity contribution in [3.8, 4) is 0 Å². The van der Waals surface area contributed by atoms with Crippen LogP contribution in [0.1, 0.15) is 36.5 Å². The Morgan fingerprint density at radius 2 is 1.58 bits per heavy atom. The average molecular weight is 249 g/mol. The van der Waals surface area contributed by atoms with E-state index in [0.717, 1.165) is 5.52 Å². The van der Waals surface area contributed by atoms with E-state index in [1.807, 2.05) is 6.20 Å². The Balaban J connectivity index is 2.49. The minimum Gasteiger partial charge on any atom is -0.256 e. The molecule has 0 amide bonds. The van der Waals surface area contributed by atoms with Gasteiger partial charge in [0.05, 0.1) is 5.52 Å². The molecule has 0 atom stereocenters. The second kappa shape index (κ2) is 4.34. The Morgan fingerprint density at radius 1 is 0.842 bits per heavy atom. The molecule has 0 radical (unpaired) electrons. The van der Waals surface area contributed by atoms with Crippen LogP contribution in [0, 0.1) is 13.8 Å². The van der Waals surface area contributed by atoms with E-state index in [4.69, 9.17) is 0 Å². The van der Waals surface area contributed by atoms with Crippen molar-refractivity contribution in [1.29, 1.82) is 0 Å². The van der Waals surface area contributed by atoms with E-state index in [0.29, 0.717) is 5.92 Å². The minimum absolute atomic E-state index is 0.545. The van der Waals surface area contributed by atoms with Crippen LogP contribution >= 0.6 is 0 Å². The molecular formula is C18H19N. The summed E-state index contributed by atoms with van der Waals surface area (Å²) in [4.78, 5) is 4.61. The van der Waals surface area contributed by atoms with Crippen molar-refractivity contribution in [3.05, 3.63) is 53.2 Å². The largest absolute Gasteiger partial charge is 0.256 e. The van der Waals surface area contributed by atoms with E-state index in [1.165, 1.54) is 32.8 Å². The first-order chi connectivity index (χ1) is 9.08. The van der Waals surface area contributed by atoms with Crippen molar-refractivity contribution in [2.24, 2.45) is 0 Å². The number of pyridine rings is 1. The molecule has 2 aromatic carbocycles. The predicted molar refractivity (Wildman–Crippen MR) is 82.8 cm³/mol. The summed E-state index contributed by atoms with van der Waals surface area (Å²) >= 11 is 0. The standard InChI is InChI=1S/C18H19N/c1-11(2)14-9-13(4)15-5-6-16-12(3)7-8-19-18(16)17(15)10-14/h5-11H,1-4H3. The van der Waals surface area contributed by atoms with Gasteiger partial charge in [0, 0.05) is 17.0 Å². The summed E-state index contributed by atoms with van der Waals surface area (Å²) in [5, 5.41) is 3.86. The first-order valence-electron chi connectivity index (χ1n) is 6.86. The topological polar surface area (TPSA) is 12.9 Å². The fourth-order valence-electron chi connectivity index (χ4n) is 2.74. The van der Waals surface area contributed by atoms with Gasteiger partial charge in [-0.3, -0.25) is 4.98 Å². The zero-order valence-electron chi connectivity index (χ0n) is 12.0. The van der Waals surface area contributed by atoms with Gasteiger partial charge in [-0.25, -0.2) is 0 Å². The van der Waals surface area contributed by atoms with Gasteiger partial charge in [-0.05, 0) is 54.0 Å². The summed E-state index contributed by atoms with van der Waals surface area (Å²) in [6.45, 7) is 8.82. The fraction of sp³-hybridized carbons (Fsp3) is 0.278. The molecule has 0 saturated heterocycles. The van der Waals surface area contributed by atoms with Crippen LogP contribution < -0.4 is 0 Å². The van der Waals surface area contributed by atoms with Crippen LogP contribution in [0.2, 0.25) is 0 Å². The molecule has 0 spiro atoms. The van der Waals surface area contributed by atoms with E-state index in [1.54, 1.807) is 0 Å². The number of benzene rings is 2. The van der Waals surface area contributed by atoms with Crippen molar-refractivity contribution in [1.82, 2.24) is 4.98 Å². The lowest BCUT2D eigenvalue weighted by Gasteiger charge is -2.12. The smallest absolute Gasteiger partial charge is 0.0783 e. The second-order valence-electron chi connectivity index (χ2n) is 5.68. The third-order valence-corrected chi connectivity index (χ3v) is 3.96. The molecule has 1 heterocycles. The molecule has 0 unspecified atom stereocenters. The van der Waals surface area contributed by atoms with Gasteiger partial charge < -0.3 is 0 Å². The summed E-state index contributed by atoms with van der Waals surface area (Å²) in [7, 11) is 0. The Kier molecular flexibility index (Phi) is 2.78. The lowest BCUT2D eigenvalue weighted by atomic mass is 9.94. The normalized spacial score (nSPS) is 11.6. The van der Waals surface area contributed by atoms with E-state index in [2.05, 4.69) is 63.0 Å². The van der Waals surface area contributed by atoms with Crippen LogP contribution in [0.15, 0.2) is 36.5 Å². The first kappa shape index (κ1) is 12.2. The van der Waals surface area contributed by atoms with Gasteiger partial charge in [0.1, 0.15) is 0 Å². The zero-order valence-corrected chi connectivity index (χ0v) is 12.0. The maximum Gasteiger partial charge on any atom is 0.0783 e. The molecule has 0 N–H and O–H groups in total. The molecule has 0 aliphatic heterocycles. The summed E-state index contributed by atoms with van der Waals surface area (Å²) in [6, 6.07) is 11.1. The van der Waals surface area contributed by atoms with Crippen LogP contribution in [0.4, 0.5) is 0 Å². The van der Waals surface area contributed by atoms with E-state index < -0.39 is 0 Å². The van der Waals surface area contributed by atoms with Gasteiger partial charge in [-0.15, -0.1) is 0 Å². The number of aromatic nitrogens is 1.